The summed E-state index contributed by atoms with van der Waals surface area (Å²) in [6.07, 6.45) is 3.22. The highest BCUT2D eigenvalue weighted by Crippen LogP contribution is 2.29. The van der Waals surface area contributed by atoms with Crippen molar-refractivity contribution in [2.75, 3.05) is 6.54 Å². The zero-order valence-electron chi connectivity index (χ0n) is 12.2. The Morgan fingerprint density at radius 2 is 2.09 bits per heavy atom. The van der Waals surface area contributed by atoms with Crippen molar-refractivity contribution in [2.45, 2.75) is 31.8 Å². The number of nitrogens with zero attached hydrogens (tertiary/aromatic N) is 2. The lowest BCUT2D eigenvalue weighted by molar-refractivity contribution is 0.1000. The zero-order valence-corrected chi connectivity index (χ0v) is 12.2. The molecule has 1 atom stereocenters. The molecule has 1 saturated heterocycles. The van der Waals surface area contributed by atoms with Gasteiger partial charge >= 0.3 is 5.69 Å². The molecule has 0 spiro atoms. The number of carbonyl (C=O) groups is 1. The smallest absolute Gasteiger partial charge is 0.340 e. The predicted octanol–water partition coefficient (Wildman–Crippen LogP) is 0.924. The maximum atomic E-state index is 11.3. The van der Waals surface area contributed by atoms with Gasteiger partial charge in [0.2, 0.25) is 5.91 Å². The van der Waals surface area contributed by atoms with Gasteiger partial charge in [0.15, 0.2) is 0 Å². The lowest BCUT2D eigenvalue weighted by Crippen LogP contribution is -2.33. The van der Waals surface area contributed by atoms with Gasteiger partial charge < -0.3 is 5.73 Å². The van der Waals surface area contributed by atoms with E-state index in [-0.39, 0.29) is 11.7 Å². The van der Waals surface area contributed by atoms with Gasteiger partial charge in [-0.15, -0.1) is 0 Å². The Bertz CT molecular complexity index is 703. The van der Waals surface area contributed by atoms with Crippen molar-refractivity contribution in [3.63, 3.8) is 0 Å². The Hall–Kier alpha value is -2.41. The summed E-state index contributed by atoms with van der Waals surface area (Å²) in [6.45, 7) is 1.70. The molecule has 0 aliphatic carbocycles. The molecule has 1 amide bonds. The largest absolute Gasteiger partial charge is 0.366 e. The monoisotopic (exact) mass is 301 g/mol. The van der Waals surface area contributed by atoms with Crippen molar-refractivity contribution < 1.29 is 4.79 Å². The Kier molecular flexibility index (Phi) is 4.06. The second-order valence-corrected chi connectivity index (χ2v) is 5.61. The molecule has 0 radical (unpaired) electrons. The fourth-order valence-corrected chi connectivity index (χ4v) is 2.94. The number of aromatic amines is 2. The third-order valence-corrected chi connectivity index (χ3v) is 4.07. The van der Waals surface area contributed by atoms with E-state index in [4.69, 9.17) is 5.73 Å². The fraction of sp³-hybridized carbons (Fsp3) is 0.400. The molecule has 3 rings (SSSR count). The van der Waals surface area contributed by atoms with Crippen molar-refractivity contribution in [2.24, 2.45) is 5.73 Å². The van der Waals surface area contributed by atoms with Crippen LogP contribution in [0.2, 0.25) is 0 Å². The fourth-order valence-electron chi connectivity index (χ4n) is 2.94. The minimum absolute atomic E-state index is 0.114. The Morgan fingerprint density at radius 3 is 2.73 bits per heavy atom. The number of carbonyl (C=O) groups excluding carboxylic acids is 1. The first kappa shape index (κ1) is 14.5. The van der Waals surface area contributed by atoms with Gasteiger partial charge in [0.25, 0.3) is 0 Å². The maximum absolute atomic E-state index is 11.3. The number of benzene rings is 1. The average molecular weight is 301 g/mol. The van der Waals surface area contributed by atoms with Crippen molar-refractivity contribution in [3.05, 3.63) is 51.7 Å². The molecule has 1 fully saturated rings. The number of likely N-dealkylation sites (tertiary alicyclic amines) is 1. The first-order chi connectivity index (χ1) is 10.6. The highest BCUT2D eigenvalue weighted by Gasteiger charge is 2.26. The second-order valence-electron chi connectivity index (χ2n) is 5.61. The van der Waals surface area contributed by atoms with Gasteiger partial charge in [-0.2, -0.15) is 5.10 Å². The highest BCUT2D eigenvalue weighted by atomic mass is 16.1. The van der Waals surface area contributed by atoms with Crippen LogP contribution in [-0.2, 0) is 6.54 Å². The molecular weight excluding hydrogens is 282 g/mol. The lowest BCUT2D eigenvalue weighted by Gasteiger charge is -2.34. The minimum Gasteiger partial charge on any atom is -0.366 e. The number of piperidine rings is 1. The van der Waals surface area contributed by atoms with Gasteiger partial charge in [0.05, 0.1) is 6.04 Å². The topological polar surface area (TPSA) is 108 Å². The van der Waals surface area contributed by atoms with Crippen molar-refractivity contribution >= 4 is 5.91 Å². The molecule has 4 N–H and O–H groups in total. The van der Waals surface area contributed by atoms with E-state index in [1.165, 1.54) is 0 Å². The van der Waals surface area contributed by atoms with Gasteiger partial charge in [-0.25, -0.2) is 9.89 Å². The molecule has 116 valence electrons. The first-order valence-corrected chi connectivity index (χ1v) is 7.41. The summed E-state index contributed by atoms with van der Waals surface area (Å²) in [5.41, 5.74) is 6.60. The normalized spacial score (nSPS) is 19.2. The van der Waals surface area contributed by atoms with E-state index in [0.717, 1.165) is 37.9 Å². The third kappa shape index (κ3) is 3.09. The number of aromatic nitrogens is 3. The van der Waals surface area contributed by atoms with Gasteiger partial charge in [0, 0.05) is 12.1 Å². The van der Waals surface area contributed by atoms with Gasteiger partial charge in [-0.3, -0.25) is 14.7 Å². The number of rotatable bonds is 4. The molecule has 22 heavy (non-hydrogen) atoms. The summed E-state index contributed by atoms with van der Waals surface area (Å²) < 4.78 is 0. The quantitative estimate of drug-likeness (QED) is 0.780. The van der Waals surface area contributed by atoms with E-state index >= 15 is 0 Å². The molecule has 1 aromatic carbocycles. The zero-order chi connectivity index (χ0) is 15.5. The molecule has 2 heterocycles. The van der Waals surface area contributed by atoms with Crippen LogP contribution in [0.1, 0.15) is 47.1 Å². The standard InChI is InChI=1S/C15H19N5O2/c16-13(21)11-6-4-10(5-7-11)9-20-8-2-1-3-12(20)14-17-15(22)19-18-14/h4-7,12H,1-3,8-9H2,(H2,16,21)(H2,17,18,19,22). The van der Waals surface area contributed by atoms with Gasteiger partial charge in [-0.1, -0.05) is 18.6 Å². The first-order valence-electron chi connectivity index (χ1n) is 7.41. The molecule has 7 heteroatoms. The summed E-state index contributed by atoms with van der Waals surface area (Å²) >= 11 is 0. The van der Waals surface area contributed by atoms with Crippen LogP contribution in [0.15, 0.2) is 29.1 Å². The van der Waals surface area contributed by atoms with Crippen molar-refractivity contribution in [1.82, 2.24) is 20.1 Å². The van der Waals surface area contributed by atoms with Crippen LogP contribution >= 0.6 is 0 Å². The maximum Gasteiger partial charge on any atom is 0.340 e. The second kappa shape index (κ2) is 6.15. The van der Waals surface area contributed by atoms with Crippen LogP contribution in [0.25, 0.3) is 0 Å². The van der Waals surface area contributed by atoms with E-state index in [1.807, 2.05) is 12.1 Å². The predicted molar refractivity (Wildman–Crippen MR) is 81.2 cm³/mol. The van der Waals surface area contributed by atoms with Crippen LogP contribution < -0.4 is 11.4 Å². The summed E-state index contributed by atoms with van der Waals surface area (Å²) in [6, 6.07) is 7.43. The molecule has 1 aliphatic heterocycles. The van der Waals surface area contributed by atoms with E-state index in [1.54, 1.807) is 12.1 Å². The number of primary amides is 1. The van der Waals surface area contributed by atoms with Crippen LogP contribution in [0, 0.1) is 0 Å². The van der Waals surface area contributed by atoms with Crippen LogP contribution in [0.3, 0.4) is 0 Å². The Balaban J connectivity index is 1.76. The molecule has 0 bridgehead atoms. The highest BCUT2D eigenvalue weighted by molar-refractivity contribution is 5.92. The van der Waals surface area contributed by atoms with Crippen LogP contribution in [0.4, 0.5) is 0 Å². The third-order valence-electron chi connectivity index (χ3n) is 4.07. The lowest BCUT2D eigenvalue weighted by atomic mass is 10.0. The summed E-state index contributed by atoms with van der Waals surface area (Å²) in [4.78, 5) is 27.4. The van der Waals surface area contributed by atoms with E-state index in [9.17, 15) is 9.59 Å². The minimum atomic E-state index is -0.420. The molecule has 1 aliphatic rings. The number of hydrogen-bond donors (Lipinski definition) is 3. The number of hydrogen-bond acceptors (Lipinski definition) is 4. The Morgan fingerprint density at radius 1 is 1.32 bits per heavy atom. The molecule has 1 aromatic heterocycles. The summed E-state index contributed by atoms with van der Waals surface area (Å²) in [5, 5.41) is 6.50. The van der Waals surface area contributed by atoms with Gasteiger partial charge in [-0.05, 0) is 37.1 Å². The molecular formula is C15H19N5O2. The molecule has 0 saturated carbocycles. The van der Waals surface area contributed by atoms with Gasteiger partial charge in [0.1, 0.15) is 5.82 Å². The molecule has 2 aromatic rings. The summed E-state index contributed by atoms with van der Waals surface area (Å²) in [7, 11) is 0. The van der Waals surface area contributed by atoms with Crippen LogP contribution in [0.5, 0.6) is 0 Å². The number of nitrogens with two attached hydrogens (primary N) is 1. The van der Waals surface area contributed by atoms with Crippen molar-refractivity contribution in [1.29, 1.82) is 0 Å². The molecule has 1 unspecified atom stereocenters. The summed E-state index contributed by atoms with van der Waals surface area (Å²) in [5.74, 6) is 0.273. The Labute approximate surface area is 127 Å². The number of H-pyrrole nitrogens is 2. The van der Waals surface area contributed by atoms with E-state index in [0.29, 0.717) is 11.4 Å². The number of nitrogens with one attached hydrogen (secondary N) is 2. The number of amides is 1. The van der Waals surface area contributed by atoms with Crippen molar-refractivity contribution in [3.8, 4) is 0 Å². The SMILES string of the molecule is NC(=O)c1ccc(CN2CCCCC2c2n[nH]c(=O)[nH]2)cc1. The van der Waals surface area contributed by atoms with Crippen LogP contribution in [-0.4, -0.2) is 32.5 Å². The molecule has 7 nitrogen and oxygen atoms in total. The average Bonchev–Trinajstić information content (AvgIpc) is 2.95. The van der Waals surface area contributed by atoms with E-state index < -0.39 is 5.91 Å². The van der Waals surface area contributed by atoms with E-state index in [2.05, 4.69) is 20.1 Å².